The van der Waals surface area contributed by atoms with Crippen molar-refractivity contribution in [3.05, 3.63) is 59.7 Å². The van der Waals surface area contributed by atoms with E-state index in [-0.39, 0.29) is 22.7 Å². The normalized spacial score (nSPS) is 18.4. The number of amidine groups is 1. The van der Waals surface area contributed by atoms with Gasteiger partial charge in [0.15, 0.2) is 5.84 Å². The molecule has 0 saturated carbocycles. The van der Waals surface area contributed by atoms with Gasteiger partial charge >= 0.3 is 0 Å². The van der Waals surface area contributed by atoms with Crippen LogP contribution in [-0.2, 0) is 10.0 Å². The summed E-state index contributed by atoms with van der Waals surface area (Å²) in [6.45, 7) is 1.83. The Kier molecular flexibility index (Phi) is 4.67. The van der Waals surface area contributed by atoms with Gasteiger partial charge < -0.3 is 16.0 Å². The van der Waals surface area contributed by atoms with Gasteiger partial charge in [0.2, 0.25) is 0 Å². The molecule has 0 aliphatic carbocycles. The van der Waals surface area contributed by atoms with E-state index < -0.39 is 10.0 Å². The Morgan fingerprint density at radius 2 is 1.74 bits per heavy atom. The fourth-order valence-electron chi connectivity index (χ4n) is 3.27. The predicted octanol–water partition coefficient (Wildman–Crippen LogP) is 1.73. The van der Waals surface area contributed by atoms with E-state index in [0.717, 1.165) is 25.9 Å². The van der Waals surface area contributed by atoms with Crippen LogP contribution < -0.4 is 16.0 Å². The second-order valence-electron chi connectivity index (χ2n) is 6.61. The minimum absolute atomic E-state index is 0.0976. The van der Waals surface area contributed by atoms with Crippen LogP contribution in [0.2, 0.25) is 0 Å². The molecule has 2 aliphatic heterocycles. The van der Waals surface area contributed by atoms with Crippen molar-refractivity contribution >= 4 is 27.5 Å². The third kappa shape index (κ3) is 3.72. The zero-order chi connectivity index (χ0) is 18.9. The number of sulfonamides is 1. The molecule has 1 amide bonds. The third-order valence-electron chi connectivity index (χ3n) is 4.72. The Balaban J connectivity index is 1.46. The number of carbonyl (C=O) groups is 1. The lowest BCUT2D eigenvalue weighted by Gasteiger charge is -2.23. The minimum atomic E-state index is -3.66. The summed E-state index contributed by atoms with van der Waals surface area (Å²) < 4.78 is 28.0. The van der Waals surface area contributed by atoms with Crippen molar-refractivity contribution < 1.29 is 13.2 Å². The summed E-state index contributed by atoms with van der Waals surface area (Å²) in [6, 6.07) is 13.8. The van der Waals surface area contributed by atoms with Gasteiger partial charge in [-0.3, -0.25) is 4.79 Å². The molecule has 2 aliphatic rings. The smallest absolute Gasteiger partial charge is 0.285 e. The van der Waals surface area contributed by atoms with E-state index in [1.165, 1.54) is 6.07 Å². The molecule has 27 heavy (non-hydrogen) atoms. The van der Waals surface area contributed by atoms with Crippen molar-refractivity contribution in [3.8, 4) is 0 Å². The molecule has 140 valence electrons. The first-order valence-electron chi connectivity index (χ1n) is 8.86. The molecule has 2 heterocycles. The van der Waals surface area contributed by atoms with Gasteiger partial charge in [0.05, 0.1) is 0 Å². The summed E-state index contributed by atoms with van der Waals surface area (Å²) in [7, 11) is -3.66. The largest absolute Gasteiger partial charge is 0.349 e. The summed E-state index contributed by atoms with van der Waals surface area (Å²) >= 11 is 0. The van der Waals surface area contributed by atoms with Gasteiger partial charge in [-0.1, -0.05) is 12.1 Å². The number of fused-ring (bicyclic) bond motifs is 1. The summed E-state index contributed by atoms with van der Waals surface area (Å²) in [5.74, 6) is 0.192. The Morgan fingerprint density at radius 3 is 2.48 bits per heavy atom. The SMILES string of the molecule is O=C(NC1CCNCC1)c1ccc(NC2=NS(=O)(=O)c3ccccc32)cc1. The van der Waals surface area contributed by atoms with Gasteiger partial charge in [0, 0.05) is 22.9 Å². The Hall–Kier alpha value is -2.71. The zero-order valence-electron chi connectivity index (χ0n) is 14.6. The summed E-state index contributed by atoms with van der Waals surface area (Å²) in [6.07, 6.45) is 1.86. The van der Waals surface area contributed by atoms with Crippen LogP contribution in [-0.4, -0.2) is 39.3 Å². The van der Waals surface area contributed by atoms with Gasteiger partial charge in [0.25, 0.3) is 15.9 Å². The second kappa shape index (κ2) is 7.13. The van der Waals surface area contributed by atoms with Crippen molar-refractivity contribution in [1.82, 2.24) is 10.6 Å². The molecule has 0 atom stereocenters. The molecule has 1 saturated heterocycles. The van der Waals surface area contributed by atoms with Crippen LogP contribution >= 0.6 is 0 Å². The number of nitrogens with zero attached hydrogens (tertiary/aromatic N) is 1. The van der Waals surface area contributed by atoms with Gasteiger partial charge in [0.1, 0.15) is 4.90 Å². The molecule has 0 aromatic heterocycles. The average molecular weight is 384 g/mol. The number of anilines is 1. The Morgan fingerprint density at radius 1 is 1.04 bits per heavy atom. The second-order valence-corrected chi connectivity index (χ2v) is 8.18. The molecular weight excluding hydrogens is 364 g/mol. The highest BCUT2D eigenvalue weighted by Crippen LogP contribution is 2.26. The van der Waals surface area contributed by atoms with Gasteiger partial charge in [-0.05, 0) is 62.3 Å². The van der Waals surface area contributed by atoms with Crippen LogP contribution in [0.25, 0.3) is 0 Å². The monoisotopic (exact) mass is 384 g/mol. The van der Waals surface area contributed by atoms with Crippen LogP contribution in [0, 0.1) is 0 Å². The maximum atomic E-state index is 12.4. The van der Waals surface area contributed by atoms with E-state index >= 15 is 0 Å². The maximum Gasteiger partial charge on any atom is 0.285 e. The number of rotatable bonds is 3. The average Bonchev–Trinajstić information content (AvgIpc) is 2.94. The van der Waals surface area contributed by atoms with E-state index in [4.69, 9.17) is 0 Å². The lowest BCUT2D eigenvalue weighted by Crippen LogP contribution is -2.42. The van der Waals surface area contributed by atoms with E-state index in [1.54, 1.807) is 42.5 Å². The van der Waals surface area contributed by atoms with E-state index in [1.807, 2.05) is 0 Å². The van der Waals surface area contributed by atoms with Gasteiger partial charge in [-0.2, -0.15) is 8.42 Å². The standard InChI is InChI=1S/C19H20N4O3S/c24-19(22-15-9-11-20-12-10-15)13-5-7-14(8-6-13)21-18-16-3-1-2-4-17(16)27(25,26)23-18/h1-8,15,20H,9-12H2,(H,21,23)(H,22,24). The molecule has 7 nitrogen and oxygen atoms in total. The lowest BCUT2D eigenvalue weighted by molar-refractivity contribution is 0.0929. The van der Waals surface area contributed by atoms with Crippen molar-refractivity contribution in [2.75, 3.05) is 18.4 Å². The van der Waals surface area contributed by atoms with Gasteiger partial charge in [-0.25, -0.2) is 0 Å². The fraction of sp³-hybridized carbons (Fsp3) is 0.263. The fourth-order valence-corrected chi connectivity index (χ4v) is 4.45. The minimum Gasteiger partial charge on any atom is -0.349 e. The number of hydrogen-bond acceptors (Lipinski definition) is 5. The van der Waals surface area contributed by atoms with E-state index in [2.05, 4.69) is 20.3 Å². The number of nitrogens with one attached hydrogen (secondary N) is 3. The molecular formula is C19H20N4O3S. The predicted molar refractivity (Wildman–Crippen MR) is 104 cm³/mol. The number of benzene rings is 2. The molecule has 0 unspecified atom stereocenters. The van der Waals surface area contributed by atoms with Crippen LogP contribution in [0.1, 0.15) is 28.8 Å². The van der Waals surface area contributed by atoms with Crippen LogP contribution in [0.5, 0.6) is 0 Å². The highest BCUT2D eigenvalue weighted by Gasteiger charge is 2.28. The van der Waals surface area contributed by atoms with Crippen molar-refractivity contribution in [2.45, 2.75) is 23.8 Å². The number of carbonyl (C=O) groups excluding carboxylic acids is 1. The van der Waals surface area contributed by atoms with E-state index in [0.29, 0.717) is 16.8 Å². The first-order chi connectivity index (χ1) is 13.0. The summed E-state index contributed by atoms with van der Waals surface area (Å²) in [4.78, 5) is 12.6. The molecule has 8 heteroatoms. The van der Waals surface area contributed by atoms with E-state index in [9.17, 15) is 13.2 Å². The Bertz CT molecular complexity index is 994. The van der Waals surface area contributed by atoms with Crippen molar-refractivity contribution in [1.29, 1.82) is 0 Å². The van der Waals surface area contributed by atoms with Crippen LogP contribution in [0.3, 0.4) is 0 Å². The topological polar surface area (TPSA) is 99.7 Å². The summed E-state index contributed by atoms with van der Waals surface area (Å²) in [5.41, 5.74) is 1.78. The first-order valence-corrected chi connectivity index (χ1v) is 10.3. The van der Waals surface area contributed by atoms with Gasteiger partial charge in [-0.15, -0.1) is 4.40 Å². The first kappa shape index (κ1) is 17.7. The lowest BCUT2D eigenvalue weighted by atomic mass is 10.1. The molecule has 0 radical (unpaired) electrons. The molecule has 2 aromatic carbocycles. The highest BCUT2D eigenvalue weighted by molar-refractivity contribution is 7.90. The molecule has 0 spiro atoms. The molecule has 0 bridgehead atoms. The molecule has 2 aromatic rings. The highest BCUT2D eigenvalue weighted by atomic mass is 32.2. The molecule has 4 rings (SSSR count). The number of hydrogen-bond donors (Lipinski definition) is 3. The number of piperidine rings is 1. The van der Waals surface area contributed by atoms with Crippen molar-refractivity contribution in [2.24, 2.45) is 4.40 Å². The molecule has 1 fully saturated rings. The van der Waals surface area contributed by atoms with Crippen LogP contribution in [0.4, 0.5) is 5.69 Å². The third-order valence-corrected chi connectivity index (χ3v) is 6.05. The summed E-state index contributed by atoms with van der Waals surface area (Å²) in [5, 5.41) is 9.35. The van der Waals surface area contributed by atoms with Crippen molar-refractivity contribution in [3.63, 3.8) is 0 Å². The Labute approximate surface area is 157 Å². The van der Waals surface area contributed by atoms with Crippen LogP contribution in [0.15, 0.2) is 57.8 Å². The maximum absolute atomic E-state index is 12.4. The quantitative estimate of drug-likeness (QED) is 0.748. The molecule has 3 N–H and O–H groups in total. The zero-order valence-corrected chi connectivity index (χ0v) is 15.4. The number of amides is 1.